The molecule has 0 unspecified atom stereocenters. The quantitative estimate of drug-likeness (QED) is 0.903. The molecule has 0 saturated carbocycles. The molecule has 5 nitrogen and oxygen atoms in total. The van der Waals surface area contributed by atoms with Gasteiger partial charge in [0.25, 0.3) is 0 Å². The second-order valence-electron chi connectivity index (χ2n) is 4.49. The van der Waals surface area contributed by atoms with Gasteiger partial charge in [0.05, 0.1) is 5.69 Å². The van der Waals surface area contributed by atoms with E-state index in [2.05, 4.69) is 9.82 Å². The summed E-state index contributed by atoms with van der Waals surface area (Å²) in [5, 5.41) is 5.06. The second-order valence-corrected chi connectivity index (χ2v) is 7.07. The van der Waals surface area contributed by atoms with Crippen LogP contribution in [0.3, 0.4) is 0 Å². The lowest BCUT2D eigenvalue weighted by Crippen LogP contribution is -2.23. The molecule has 0 spiro atoms. The van der Waals surface area contributed by atoms with Gasteiger partial charge < -0.3 is 0 Å². The van der Waals surface area contributed by atoms with Crippen molar-refractivity contribution in [1.29, 1.82) is 0 Å². The number of sulfonamides is 1. The van der Waals surface area contributed by atoms with E-state index < -0.39 is 10.0 Å². The van der Waals surface area contributed by atoms with Gasteiger partial charge in [0, 0.05) is 29.3 Å². The van der Waals surface area contributed by atoms with Gasteiger partial charge in [-0.1, -0.05) is 29.3 Å². The molecular formula is C13H15Cl2N3O2S. The number of rotatable bonds is 5. The van der Waals surface area contributed by atoms with Crippen molar-refractivity contribution >= 4 is 33.2 Å². The van der Waals surface area contributed by atoms with Gasteiger partial charge in [-0.3, -0.25) is 4.68 Å². The number of benzene rings is 1. The van der Waals surface area contributed by atoms with Crippen LogP contribution in [0.25, 0.3) is 0 Å². The highest BCUT2D eigenvalue weighted by Crippen LogP contribution is 2.21. The number of nitrogens with zero attached hydrogens (tertiary/aromatic N) is 2. The van der Waals surface area contributed by atoms with Gasteiger partial charge in [0.15, 0.2) is 0 Å². The number of aryl methyl sites for hydroxylation is 2. The highest BCUT2D eigenvalue weighted by molar-refractivity contribution is 7.89. The fraction of sp³-hybridized carbons (Fsp3) is 0.308. The molecule has 0 bridgehead atoms. The zero-order chi connectivity index (χ0) is 15.6. The number of hydrogen-bond acceptors (Lipinski definition) is 3. The van der Waals surface area contributed by atoms with Crippen LogP contribution in [0, 0.1) is 6.92 Å². The Morgan fingerprint density at radius 2 is 2.05 bits per heavy atom. The van der Waals surface area contributed by atoms with Crippen LogP contribution in [0.5, 0.6) is 0 Å². The Hall–Kier alpha value is -1.08. The summed E-state index contributed by atoms with van der Waals surface area (Å²) in [5.74, 6) is 0. The van der Waals surface area contributed by atoms with Crippen molar-refractivity contribution in [2.24, 2.45) is 0 Å². The van der Waals surface area contributed by atoms with Gasteiger partial charge in [-0.05, 0) is 31.5 Å². The topological polar surface area (TPSA) is 64.0 Å². The Labute approximate surface area is 133 Å². The monoisotopic (exact) mass is 347 g/mol. The molecule has 2 rings (SSSR count). The first-order chi connectivity index (χ1) is 9.83. The maximum atomic E-state index is 12.3. The second kappa shape index (κ2) is 6.36. The van der Waals surface area contributed by atoms with E-state index >= 15 is 0 Å². The van der Waals surface area contributed by atoms with Crippen LogP contribution in [0.15, 0.2) is 29.3 Å². The van der Waals surface area contributed by atoms with Crippen molar-refractivity contribution in [1.82, 2.24) is 14.5 Å². The van der Waals surface area contributed by atoms with Crippen LogP contribution < -0.4 is 4.72 Å². The summed E-state index contributed by atoms with van der Waals surface area (Å²) >= 11 is 11.8. The molecule has 0 atom stereocenters. The minimum absolute atomic E-state index is 0.0923. The Morgan fingerprint density at radius 3 is 2.62 bits per heavy atom. The maximum absolute atomic E-state index is 12.3. The zero-order valence-electron chi connectivity index (χ0n) is 11.6. The normalized spacial score (nSPS) is 11.8. The van der Waals surface area contributed by atoms with E-state index in [0.717, 1.165) is 0 Å². The molecule has 0 amide bonds. The smallest absolute Gasteiger partial charge is 0.244 e. The van der Waals surface area contributed by atoms with Gasteiger partial charge >= 0.3 is 0 Å². The first kappa shape index (κ1) is 16.3. The molecule has 1 N–H and O–H groups in total. The zero-order valence-corrected chi connectivity index (χ0v) is 13.9. The maximum Gasteiger partial charge on any atom is 0.244 e. The van der Waals surface area contributed by atoms with Crippen molar-refractivity contribution in [3.05, 3.63) is 45.7 Å². The van der Waals surface area contributed by atoms with Crippen LogP contribution in [0.1, 0.15) is 18.2 Å². The molecule has 0 fully saturated rings. The van der Waals surface area contributed by atoms with Gasteiger partial charge in [-0.25, -0.2) is 13.1 Å². The lowest BCUT2D eigenvalue weighted by molar-refractivity contribution is 0.580. The van der Waals surface area contributed by atoms with Gasteiger partial charge in [-0.15, -0.1) is 0 Å². The van der Waals surface area contributed by atoms with Gasteiger partial charge in [0.1, 0.15) is 4.90 Å². The first-order valence-electron chi connectivity index (χ1n) is 6.31. The Kier molecular flexibility index (Phi) is 4.93. The predicted octanol–water partition coefficient (Wildman–Crippen LogP) is 3.00. The molecule has 0 saturated heterocycles. The van der Waals surface area contributed by atoms with Crippen LogP contribution in [-0.4, -0.2) is 18.2 Å². The van der Waals surface area contributed by atoms with Crippen molar-refractivity contribution in [2.75, 3.05) is 0 Å². The standard InChI is InChI=1S/C13H15Cl2N3O2S/c1-3-18-8-13(9(2)17-18)21(19,20)16-7-10-4-5-11(14)6-12(10)15/h4-6,8,16H,3,7H2,1-2H3. The SMILES string of the molecule is CCn1cc(S(=O)(=O)NCc2ccc(Cl)cc2Cl)c(C)n1. The first-order valence-corrected chi connectivity index (χ1v) is 8.55. The average molecular weight is 348 g/mol. The summed E-state index contributed by atoms with van der Waals surface area (Å²) in [6.07, 6.45) is 1.52. The van der Waals surface area contributed by atoms with E-state index in [4.69, 9.17) is 23.2 Å². The number of hydrogen-bond donors (Lipinski definition) is 1. The Balaban J connectivity index is 2.19. The summed E-state index contributed by atoms with van der Waals surface area (Å²) in [6, 6.07) is 4.93. The molecule has 2 aromatic rings. The van der Waals surface area contributed by atoms with Crippen LogP contribution in [-0.2, 0) is 23.1 Å². The fourth-order valence-corrected chi connectivity index (χ4v) is 3.51. The lowest BCUT2D eigenvalue weighted by atomic mass is 10.2. The van der Waals surface area contributed by atoms with Crippen molar-refractivity contribution in [2.45, 2.75) is 31.8 Å². The summed E-state index contributed by atoms with van der Waals surface area (Å²) in [4.78, 5) is 0.175. The van der Waals surface area contributed by atoms with Crippen LogP contribution in [0.2, 0.25) is 10.0 Å². The number of halogens is 2. The van der Waals surface area contributed by atoms with E-state index in [1.807, 2.05) is 6.92 Å². The molecular weight excluding hydrogens is 333 g/mol. The third-order valence-corrected chi connectivity index (χ3v) is 5.07. The lowest BCUT2D eigenvalue weighted by Gasteiger charge is -2.07. The highest BCUT2D eigenvalue weighted by atomic mass is 35.5. The third-order valence-electron chi connectivity index (χ3n) is 2.98. The number of aromatic nitrogens is 2. The van der Waals surface area contributed by atoms with E-state index in [1.165, 1.54) is 6.20 Å². The summed E-state index contributed by atoms with van der Waals surface area (Å²) < 4.78 is 28.7. The van der Waals surface area contributed by atoms with Crippen molar-refractivity contribution in [3.8, 4) is 0 Å². The molecule has 0 aliphatic carbocycles. The fourth-order valence-electron chi connectivity index (χ4n) is 1.84. The minimum Gasteiger partial charge on any atom is -0.271 e. The van der Waals surface area contributed by atoms with E-state index in [0.29, 0.717) is 27.8 Å². The van der Waals surface area contributed by atoms with Crippen molar-refractivity contribution < 1.29 is 8.42 Å². The van der Waals surface area contributed by atoms with Crippen LogP contribution >= 0.6 is 23.2 Å². The van der Waals surface area contributed by atoms with Gasteiger partial charge in [0.2, 0.25) is 10.0 Å². The Bertz CT molecular complexity index is 757. The van der Waals surface area contributed by atoms with E-state index in [1.54, 1.807) is 29.8 Å². The predicted molar refractivity (Wildman–Crippen MR) is 83.1 cm³/mol. The molecule has 1 aromatic carbocycles. The summed E-state index contributed by atoms with van der Waals surface area (Å²) in [6.45, 7) is 4.26. The largest absolute Gasteiger partial charge is 0.271 e. The summed E-state index contributed by atoms with van der Waals surface area (Å²) in [5.41, 5.74) is 1.12. The molecule has 1 aromatic heterocycles. The number of nitrogens with one attached hydrogen (secondary N) is 1. The Morgan fingerprint density at radius 1 is 1.33 bits per heavy atom. The summed E-state index contributed by atoms with van der Waals surface area (Å²) in [7, 11) is -3.63. The van der Waals surface area contributed by atoms with Crippen molar-refractivity contribution in [3.63, 3.8) is 0 Å². The minimum atomic E-state index is -3.63. The molecule has 21 heavy (non-hydrogen) atoms. The van der Waals surface area contributed by atoms with Crippen LogP contribution in [0.4, 0.5) is 0 Å². The molecule has 0 aliphatic heterocycles. The molecule has 8 heteroatoms. The van der Waals surface area contributed by atoms with Gasteiger partial charge in [-0.2, -0.15) is 5.10 Å². The molecule has 0 aliphatic rings. The van der Waals surface area contributed by atoms with E-state index in [9.17, 15) is 8.42 Å². The third kappa shape index (κ3) is 3.77. The average Bonchev–Trinajstić information content (AvgIpc) is 2.80. The molecule has 1 heterocycles. The molecule has 0 radical (unpaired) electrons. The van der Waals surface area contributed by atoms with E-state index in [-0.39, 0.29) is 11.4 Å². The highest BCUT2D eigenvalue weighted by Gasteiger charge is 2.20. The molecule has 114 valence electrons.